The van der Waals surface area contributed by atoms with Crippen molar-refractivity contribution in [1.29, 1.82) is 5.26 Å². The summed E-state index contributed by atoms with van der Waals surface area (Å²) < 4.78 is 1.50. The van der Waals surface area contributed by atoms with Gasteiger partial charge in [-0.25, -0.2) is 4.68 Å². The Balaban J connectivity index is 1.88. The zero-order valence-electron chi connectivity index (χ0n) is 11.2. The van der Waals surface area contributed by atoms with Crippen molar-refractivity contribution < 1.29 is 0 Å². The standard InChI is InChI=1S/C15H16N4O/c16-8-3-9-18(13-6-7-13)11-19-15(20)14-5-2-1-4-12(14)10-17-19/h1-2,4-5,10,13H,3,6-7,9,11H2. The summed E-state index contributed by atoms with van der Waals surface area (Å²) in [5, 5.41) is 14.5. The van der Waals surface area contributed by atoms with Crippen LogP contribution in [-0.4, -0.2) is 27.3 Å². The van der Waals surface area contributed by atoms with Crippen LogP contribution in [0, 0.1) is 11.3 Å². The lowest BCUT2D eigenvalue weighted by molar-refractivity contribution is 0.197. The molecule has 0 aliphatic heterocycles. The third kappa shape index (κ3) is 2.56. The van der Waals surface area contributed by atoms with Crippen LogP contribution < -0.4 is 5.56 Å². The van der Waals surface area contributed by atoms with Crippen molar-refractivity contribution in [2.45, 2.75) is 32.0 Å². The van der Waals surface area contributed by atoms with Crippen molar-refractivity contribution in [3.63, 3.8) is 0 Å². The van der Waals surface area contributed by atoms with E-state index in [4.69, 9.17) is 5.26 Å². The van der Waals surface area contributed by atoms with Crippen LogP contribution in [0.5, 0.6) is 0 Å². The molecule has 5 nitrogen and oxygen atoms in total. The first-order chi connectivity index (χ1) is 9.79. The first-order valence-corrected chi connectivity index (χ1v) is 6.85. The van der Waals surface area contributed by atoms with Crippen molar-refractivity contribution in [2.75, 3.05) is 6.54 Å². The Morgan fingerprint density at radius 2 is 2.20 bits per heavy atom. The van der Waals surface area contributed by atoms with Crippen LogP contribution in [-0.2, 0) is 6.67 Å². The van der Waals surface area contributed by atoms with E-state index in [1.165, 1.54) is 4.68 Å². The molecule has 1 aliphatic rings. The molecule has 1 aliphatic carbocycles. The van der Waals surface area contributed by atoms with E-state index < -0.39 is 0 Å². The van der Waals surface area contributed by atoms with E-state index in [1.54, 1.807) is 6.20 Å². The molecule has 1 fully saturated rings. The maximum absolute atomic E-state index is 12.4. The van der Waals surface area contributed by atoms with Gasteiger partial charge in [0.2, 0.25) is 0 Å². The highest BCUT2D eigenvalue weighted by Gasteiger charge is 2.29. The van der Waals surface area contributed by atoms with Gasteiger partial charge in [0.15, 0.2) is 0 Å². The van der Waals surface area contributed by atoms with Crippen LogP contribution >= 0.6 is 0 Å². The lowest BCUT2D eigenvalue weighted by Gasteiger charge is -2.20. The third-order valence-electron chi connectivity index (χ3n) is 3.65. The number of hydrogen-bond donors (Lipinski definition) is 0. The number of nitriles is 1. The van der Waals surface area contributed by atoms with Crippen LogP contribution in [0.1, 0.15) is 19.3 Å². The zero-order chi connectivity index (χ0) is 13.9. The van der Waals surface area contributed by atoms with Crippen molar-refractivity contribution in [3.8, 4) is 6.07 Å². The Hall–Kier alpha value is -2.19. The molecule has 1 saturated carbocycles. The highest BCUT2D eigenvalue weighted by Crippen LogP contribution is 2.27. The highest BCUT2D eigenvalue weighted by atomic mass is 16.1. The number of rotatable bonds is 5. The van der Waals surface area contributed by atoms with Crippen molar-refractivity contribution in [3.05, 3.63) is 40.8 Å². The molecular weight excluding hydrogens is 252 g/mol. The van der Waals surface area contributed by atoms with Crippen molar-refractivity contribution in [1.82, 2.24) is 14.7 Å². The van der Waals surface area contributed by atoms with E-state index in [2.05, 4.69) is 16.1 Å². The molecule has 0 unspecified atom stereocenters. The highest BCUT2D eigenvalue weighted by molar-refractivity contribution is 5.80. The van der Waals surface area contributed by atoms with Gasteiger partial charge in [-0.2, -0.15) is 10.4 Å². The predicted octanol–water partition coefficient (Wildman–Crippen LogP) is 1.73. The van der Waals surface area contributed by atoms with E-state index >= 15 is 0 Å². The van der Waals surface area contributed by atoms with Crippen molar-refractivity contribution in [2.24, 2.45) is 0 Å². The Morgan fingerprint density at radius 3 is 2.95 bits per heavy atom. The van der Waals surface area contributed by atoms with Crippen LogP contribution in [0.3, 0.4) is 0 Å². The van der Waals surface area contributed by atoms with Crippen LogP contribution in [0.25, 0.3) is 10.8 Å². The fraction of sp³-hybridized carbons (Fsp3) is 0.400. The second-order valence-corrected chi connectivity index (χ2v) is 5.13. The van der Waals surface area contributed by atoms with E-state index in [1.807, 2.05) is 24.3 Å². The molecule has 1 aromatic heterocycles. The first-order valence-electron chi connectivity index (χ1n) is 6.85. The number of fused-ring (bicyclic) bond motifs is 1. The van der Waals surface area contributed by atoms with Gasteiger partial charge in [0, 0.05) is 24.4 Å². The Morgan fingerprint density at radius 1 is 1.40 bits per heavy atom. The lowest BCUT2D eigenvalue weighted by atomic mass is 10.2. The second-order valence-electron chi connectivity index (χ2n) is 5.13. The lowest BCUT2D eigenvalue weighted by Crippen LogP contribution is -2.35. The van der Waals surface area contributed by atoms with Crippen molar-refractivity contribution >= 4 is 10.8 Å². The summed E-state index contributed by atoms with van der Waals surface area (Å²) in [5.74, 6) is 0. The van der Waals surface area contributed by atoms with Gasteiger partial charge in [-0.15, -0.1) is 0 Å². The largest absolute Gasteiger partial charge is 0.280 e. The van der Waals surface area contributed by atoms with Gasteiger partial charge in [0.1, 0.15) is 0 Å². The molecule has 2 aromatic rings. The third-order valence-corrected chi connectivity index (χ3v) is 3.65. The number of nitrogens with zero attached hydrogens (tertiary/aromatic N) is 4. The minimum atomic E-state index is -0.0642. The van der Waals surface area contributed by atoms with Gasteiger partial charge in [-0.3, -0.25) is 9.69 Å². The molecular formula is C15H16N4O. The summed E-state index contributed by atoms with van der Waals surface area (Å²) in [6, 6.07) is 10.1. The molecule has 0 amide bonds. The number of benzene rings is 1. The summed E-state index contributed by atoms with van der Waals surface area (Å²) in [6.07, 6.45) is 4.51. The minimum absolute atomic E-state index is 0.0642. The van der Waals surface area contributed by atoms with Gasteiger partial charge in [-0.05, 0) is 18.9 Å². The van der Waals surface area contributed by atoms with Gasteiger partial charge in [0.05, 0.1) is 24.3 Å². The summed E-state index contributed by atoms with van der Waals surface area (Å²) in [6.45, 7) is 1.16. The first kappa shape index (κ1) is 12.8. The topological polar surface area (TPSA) is 61.9 Å². The molecule has 20 heavy (non-hydrogen) atoms. The van der Waals surface area contributed by atoms with Gasteiger partial charge in [-0.1, -0.05) is 18.2 Å². The molecule has 1 aromatic carbocycles. The molecule has 0 saturated heterocycles. The smallest absolute Gasteiger partial charge is 0.275 e. The molecule has 0 bridgehead atoms. The van der Waals surface area contributed by atoms with Crippen LogP contribution in [0.4, 0.5) is 0 Å². The second kappa shape index (κ2) is 5.43. The van der Waals surface area contributed by atoms with E-state index in [9.17, 15) is 4.79 Å². The zero-order valence-corrected chi connectivity index (χ0v) is 11.2. The monoisotopic (exact) mass is 268 g/mol. The minimum Gasteiger partial charge on any atom is -0.280 e. The maximum Gasteiger partial charge on any atom is 0.275 e. The summed E-state index contributed by atoms with van der Waals surface area (Å²) in [4.78, 5) is 14.6. The quantitative estimate of drug-likeness (QED) is 0.828. The SMILES string of the molecule is N#CCCN(Cn1ncc2ccccc2c1=O)C1CC1. The van der Waals surface area contributed by atoms with Gasteiger partial charge in [0.25, 0.3) is 5.56 Å². The average Bonchev–Trinajstić information content (AvgIpc) is 3.30. The Bertz CT molecular complexity index is 712. The summed E-state index contributed by atoms with van der Waals surface area (Å²) in [5.41, 5.74) is -0.0642. The fourth-order valence-corrected chi connectivity index (χ4v) is 2.40. The molecule has 102 valence electrons. The Labute approximate surface area is 117 Å². The van der Waals surface area contributed by atoms with Crippen LogP contribution in [0.2, 0.25) is 0 Å². The summed E-state index contributed by atoms with van der Waals surface area (Å²) in [7, 11) is 0. The average molecular weight is 268 g/mol. The molecule has 0 spiro atoms. The molecule has 3 rings (SSSR count). The number of aromatic nitrogens is 2. The normalized spacial score (nSPS) is 14.6. The van der Waals surface area contributed by atoms with Crippen LogP contribution in [0.15, 0.2) is 35.3 Å². The molecule has 0 radical (unpaired) electrons. The fourth-order valence-electron chi connectivity index (χ4n) is 2.40. The molecule has 0 atom stereocenters. The summed E-state index contributed by atoms with van der Waals surface area (Å²) >= 11 is 0. The maximum atomic E-state index is 12.4. The molecule has 0 N–H and O–H groups in total. The van der Waals surface area contributed by atoms with E-state index in [0.29, 0.717) is 31.1 Å². The van der Waals surface area contributed by atoms with E-state index in [-0.39, 0.29) is 5.56 Å². The predicted molar refractivity (Wildman–Crippen MR) is 76.0 cm³/mol. The Kier molecular flexibility index (Phi) is 3.48. The van der Waals surface area contributed by atoms with Gasteiger partial charge >= 0.3 is 0 Å². The van der Waals surface area contributed by atoms with E-state index in [0.717, 1.165) is 18.2 Å². The van der Waals surface area contributed by atoms with Gasteiger partial charge < -0.3 is 0 Å². The molecule has 5 heteroatoms. The number of hydrogen-bond acceptors (Lipinski definition) is 4. The molecule has 1 heterocycles.